The third kappa shape index (κ3) is 1.73. The van der Waals surface area contributed by atoms with Gasteiger partial charge in [-0.05, 0) is 37.6 Å². The van der Waals surface area contributed by atoms with Crippen LogP contribution in [0.25, 0.3) is 5.69 Å². The van der Waals surface area contributed by atoms with E-state index in [0.717, 1.165) is 11.3 Å². The normalized spacial score (nSPS) is 10.4. The number of hydrogen-bond donors (Lipinski definition) is 1. The SMILES string of the molecule is Cc1c(C#N)c(N)n(-c2ccc(Cl)c(F)c2)c1C. The molecule has 2 rings (SSSR count). The van der Waals surface area contributed by atoms with Crippen LogP contribution in [0.4, 0.5) is 10.2 Å². The lowest BCUT2D eigenvalue weighted by molar-refractivity contribution is 0.627. The largest absolute Gasteiger partial charge is 0.384 e. The van der Waals surface area contributed by atoms with Crippen LogP contribution in [0.1, 0.15) is 16.8 Å². The molecule has 0 aliphatic carbocycles. The number of rotatable bonds is 1. The molecule has 0 aliphatic rings. The van der Waals surface area contributed by atoms with Gasteiger partial charge in [-0.25, -0.2) is 4.39 Å². The molecular formula is C13H11ClFN3. The highest BCUT2D eigenvalue weighted by molar-refractivity contribution is 6.30. The molecule has 0 saturated heterocycles. The monoisotopic (exact) mass is 263 g/mol. The number of nitriles is 1. The minimum atomic E-state index is -0.516. The number of nitrogens with zero attached hydrogens (tertiary/aromatic N) is 2. The van der Waals surface area contributed by atoms with Crippen molar-refractivity contribution in [2.45, 2.75) is 13.8 Å². The van der Waals surface area contributed by atoms with Gasteiger partial charge in [-0.1, -0.05) is 11.6 Å². The maximum Gasteiger partial charge on any atom is 0.143 e. The standard InChI is InChI=1S/C13H11ClFN3/c1-7-8(2)18(13(17)10(7)6-16)9-3-4-11(14)12(15)5-9/h3-5H,17H2,1-2H3. The minimum absolute atomic E-state index is 0.0550. The van der Waals surface area contributed by atoms with Crippen LogP contribution in [0.2, 0.25) is 5.02 Å². The van der Waals surface area contributed by atoms with Gasteiger partial charge in [0.2, 0.25) is 0 Å². The molecule has 0 saturated carbocycles. The highest BCUT2D eigenvalue weighted by Gasteiger charge is 2.16. The number of anilines is 1. The molecule has 1 aromatic carbocycles. The first-order chi connectivity index (χ1) is 8.47. The Morgan fingerprint density at radius 1 is 1.39 bits per heavy atom. The molecule has 0 atom stereocenters. The Labute approximate surface area is 109 Å². The second kappa shape index (κ2) is 4.35. The summed E-state index contributed by atoms with van der Waals surface area (Å²) >= 11 is 5.64. The molecule has 0 unspecified atom stereocenters. The minimum Gasteiger partial charge on any atom is -0.384 e. The van der Waals surface area contributed by atoms with E-state index in [0.29, 0.717) is 17.1 Å². The second-order valence-electron chi connectivity index (χ2n) is 4.02. The summed E-state index contributed by atoms with van der Waals surface area (Å²) < 4.78 is 15.1. The summed E-state index contributed by atoms with van der Waals surface area (Å²) in [5.74, 6) is -0.202. The fourth-order valence-corrected chi connectivity index (χ4v) is 2.05. The van der Waals surface area contributed by atoms with E-state index in [9.17, 15) is 4.39 Å². The van der Waals surface area contributed by atoms with Crippen LogP contribution in [0.3, 0.4) is 0 Å². The zero-order chi connectivity index (χ0) is 13.4. The number of hydrogen-bond acceptors (Lipinski definition) is 2. The first kappa shape index (κ1) is 12.5. The lowest BCUT2D eigenvalue weighted by Gasteiger charge is -2.09. The third-order valence-corrected chi connectivity index (χ3v) is 3.33. The summed E-state index contributed by atoms with van der Waals surface area (Å²) in [7, 11) is 0. The Morgan fingerprint density at radius 3 is 2.56 bits per heavy atom. The van der Waals surface area contributed by atoms with Crippen LogP contribution in [-0.4, -0.2) is 4.57 Å². The number of nitrogen functional groups attached to an aromatic ring is 1. The van der Waals surface area contributed by atoms with Crippen LogP contribution in [0.15, 0.2) is 18.2 Å². The number of halogens is 2. The van der Waals surface area contributed by atoms with Crippen molar-refractivity contribution < 1.29 is 4.39 Å². The van der Waals surface area contributed by atoms with Gasteiger partial charge < -0.3 is 5.73 Å². The van der Waals surface area contributed by atoms with Crippen LogP contribution in [0, 0.1) is 31.0 Å². The van der Waals surface area contributed by atoms with Gasteiger partial charge in [0.1, 0.15) is 17.7 Å². The maximum absolute atomic E-state index is 13.5. The van der Waals surface area contributed by atoms with Crippen LogP contribution >= 0.6 is 11.6 Å². The summed E-state index contributed by atoms with van der Waals surface area (Å²) in [6.07, 6.45) is 0. The maximum atomic E-state index is 13.5. The van der Waals surface area contributed by atoms with Gasteiger partial charge >= 0.3 is 0 Å². The third-order valence-electron chi connectivity index (χ3n) is 3.02. The van der Waals surface area contributed by atoms with E-state index in [-0.39, 0.29) is 5.02 Å². The zero-order valence-corrected chi connectivity index (χ0v) is 10.7. The first-order valence-corrected chi connectivity index (χ1v) is 5.68. The summed E-state index contributed by atoms with van der Waals surface area (Å²) in [5.41, 5.74) is 8.50. The molecule has 0 bridgehead atoms. The lowest BCUT2D eigenvalue weighted by Crippen LogP contribution is -2.03. The molecule has 1 heterocycles. The molecule has 2 aromatic rings. The number of aromatic nitrogens is 1. The van der Waals surface area contributed by atoms with Crippen molar-refractivity contribution in [3.8, 4) is 11.8 Å². The number of nitrogens with two attached hydrogens (primary N) is 1. The Hall–Kier alpha value is -1.99. The Balaban J connectivity index is 2.72. The van der Waals surface area contributed by atoms with Gasteiger partial charge in [0.05, 0.1) is 16.3 Å². The Kier molecular flexibility index (Phi) is 3.02. The zero-order valence-electron chi connectivity index (χ0n) is 9.96. The Morgan fingerprint density at radius 2 is 2.06 bits per heavy atom. The molecule has 0 fully saturated rings. The van der Waals surface area contributed by atoms with E-state index in [4.69, 9.17) is 22.6 Å². The lowest BCUT2D eigenvalue weighted by atomic mass is 10.2. The molecule has 3 nitrogen and oxygen atoms in total. The van der Waals surface area contributed by atoms with Crippen molar-refractivity contribution in [2.75, 3.05) is 5.73 Å². The average molecular weight is 264 g/mol. The quantitative estimate of drug-likeness (QED) is 0.858. The molecule has 0 radical (unpaired) electrons. The topological polar surface area (TPSA) is 54.7 Å². The molecule has 2 N–H and O–H groups in total. The van der Waals surface area contributed by atoms with Gasteiger partial charge in [-0.15, -0.1) is 0 Å². The van der Waals surface area contributed by atoms with Gasteiger partial charge in [0.15, 0.2) is 0 Å². The molecular weight excluding hydrogens is 253 g/mol. The Bertz CT molecular complexity index is 668. The van der Waals surface area contributed by atoms with E-state index < -0.39 is 5.82 Å². The summed E-state index contributed by atoms with van der Waals surface area (Å²) in [5, 5.41) is 9.10. The van der Waals surface area contributed by atoms with Crippen molar-refractivity contribution in [3.05, 3.63) is 45.9 Å². The highest BCUT2D eigenvalue weighted by Crippen LogP contribution is 2.28. The van der Waals surface area contributed by atoms with E-state index >= 15 is 0 Å². The smallest absolute Gasteiger partial charge is 0.143 e. The van der Waals surface area contributed by atoms with Crippen molar-refractivity contribution in [2.24, 2.45) is 0 Å². The van der Waals surface area contributed by atoms with Crippen LogP contribution in [-0.2, 0) is 0 Å². The summed E-state index contributed by atoms with van der Waals surface area (Å²) in [6.45, 7) is 3.64. The van der Waals surface area contributed by atoms with Crippen molar-refractivity contribution in [1.29, 1.82) is 5.26 Å². The molecule has 0 amide bonds. The highest BCUT2D eigenvalue weighted by atomic mass is 35.5. The summed E-state index contributed by atoms with van der Waals surface area (Å²) in [4.78, 5) is 0. The van der Waals surface area contributed by atoms with E-state index in [1.807, 2.05) is 13.8 Å². The second-order valence-corrected chi connectivity index (χ2v) is 4.42. The molecule has 1 aromatic heterocycles. The van der Waals surface area contributed by atoms with Gasteiger partial charge in [-0.3, -0.25) is 4.57 Å². The predicted octanol–water partition coefficient (Wildman–Crippen LogP) is 3.34. The van der Waals surface area contributed by atoms with E-state index in [1.165, 1.54) is 12.1 Å². The fourth-order valence-electron chi connectivity index (χ4n) is 1.93. The predicted molar refractivity (Wildman–Crippen MR) is 69.3 cm³/mol. The number of benzene rings is 1. The van der Waals surface area contributed by atoms with Crippen molar-refractivity contribution in [1.82, 2.24) is 4.57 Å². The van der Waals surface area contributed by atoms with Gasteiger partial charge in [-0.2, -0.15) is 5.26 Å². The van der Waals surface area contributed by atoms with Crippen LogP contribution in [0.5, 0.6) is 0 Å². The molecule has 5 heteroatoms. The van der Waals surface area contributed by atoms with Gasteiger partial charge in [0, 0.05) is 5.69 Å². The average Bonchev–Trinajstić information content (AvgIpc) is 2.54. The van der Waals surface area contributed by atoms with Gasteiger partial charge in [0.25, 0.3) is 0 Å². The van der Waals surface area contributed by atoms with E-state index in [2.05, 4.69) is 6.07 Å². The molecule has 0 spiro atoms. The van der Waals surface area contributed by atoms with Crippen molar-refractivity contribution in [3.63, 3.8) is 0 Å². The first-order valence-electron chi connectivity index (χ1n) is 5.30. The summed E-state index contributed by atoms with van der Waals surface area (Å²) in [6, 6.07) is 6.48. The molecule has 0 aliphatic heterocycles. The van der Waals surface area contributed by atoms with E-state index in [1.54, 1.807) is 10.6 Å². The molecule has 18 heavy (non-hydrogen) atoms. The molecule has 92 valence electrons. The van der Waals surface area contributed by atoms with Crippen LogP contribution < -0.4 is 5.73 Å². The van der Waals surface area contributed by atoms with Crippen molar-refractivity contribution >= 4 is 17.4 Å². The fraction of sp³-hybridized carbons (Fsp3) is 0.154.